The number of anilines is 1. The van der Waals surface area contributed by atoms with Crippen LogP contribution in [0, 0.1) is 0 Å². The highest BCUT2D eigenvalue weighted by atomic mass is 32.1. The van der Waals surface area contributed by atoms with Crippen molar-refractivity contribution in [2.24, 2.45) is 0 Å². The van der Waals surface area contributed by atoms with Crippen LogP contribution >= 0.6 is 11.3 Å². The number of nitrogens with one attached hydrogen (secondary N) is 1. The lowest BCUT2D eigenvalue weighted by Gasteiger charge is -2.10. The Morgan fingerprint density at radius 1 is 1.00 bits per heavy atom. The minimum absolute atomic E-state index is 0.268. The summed E-state index contributed by atoms with van der Waals surface area (Å²) in [6, 6.07) is 22.2. The zero-order valence-corrected chi connectivity index (χ0v) is 16.0. The van der Waals surface area contributed by atoms with Crippen LogP contribution in [0.3, 0.4) is 0 Å². The van der Waals surface area contributed by atoms with Crippen molar-refractivity contribution in [1.82, 2.24) is 4.98 Å². The Morgan fingerprint density at radius 3 is 2.61 bits per heavy atom. The monoisotopic (exact) mass is 390 g/mol. The molecule has 28 heavy (non-hydrogen) atoms. The Balaban J connectivity index is 1.56. The Kier molecular flexibility index (Phi) is 5.21. The standard InChI is InChI=1S/C22H18N2O3S/c1-2-26-16-12-13-18-20(14-16)28-22(23-18)24-21(25)17-10-6-7-11-19(17)27-15-8-4-3-5-9-15/h3-14H,2H2,1H3,(H,23,24,25). The molecule has 0 unspecified atom stereocenters. The second-order valence-electron chi connectivity index (χ2n) is 5.95. The van der Waals surface area contributed by atoms with Gasteiger partial charge in [-0.05, 0) is 49.4 Å². The second kappa shape index (κ2) is 8.10. The highest BCUT2D eigenvalue weighted by molar-refractivity contribution is 7.22. The maximum atomic E-state index is 12.8. The lowest BCUT2D eigenvalue weighted by Crippen LogP contribution is -2.12. The van der Waals surface area contributed by atoms with E-state index in [1.165, 1.54) is 11.3 Å². The smallest absolute Gasteiger partial charge is 0.261 e. The summed E-state index contributed by atoms with van der Waals surface area (Å²) in [5, 5.41) is 3.40. The summed E-state index contributed by atoms with van der Waals surface area (Å²) < 4.78 is 12.4. The molecule has 0 fully saturated rings. The van der Waals surface area contributed by atoms with Gasteiger partial charge in [0.2, 0.25) is 0 Å². The van der Waals surface area contributed by atoms with E-state index in [0.717, 1.165) is 16.0 Å². The number of fused-ring (bicyclic) bond motifs is 1. The summed E-state index contributed by atoms with van der Waals surface area (Å²) in [5.74, 6) is 1.69. The van der Waals surface area contributed by atoms with Gasteiger partial charge in [-0.1, -0.05) is 41.7 Å². The largest absolute Gasteiger partial charge is 0.494 e. The number of carbonyl (C=O) groups excluding carboxylic acids is 1. The van der Waals surface area contributed by atoms with E-state index in [9.17, 15) is 4.79 Å². The van der Waals surface area contributed by atoms with Gasteiger partial charge in [0.1, 0.15) is 17.2 Å². The van der Waals surface area contributed by atoms with Crippen molar-refractivity contribution in [1.29, 1.82) is 0 Å². The molecule has 0 atom stereocenters. The van der Waals surface area contributed by atoms with Crippen LogP contribution in [0.25, 0.3) is 10.2 Å². The molecule has 4 aromatic rings. The molecule has 4 rings (SSSR count). The van der Waals surface area contributed by atoms with E-state index in [1.807, 2.05) is 61.5 Å². The lowest BCUT2D eigenvalue weighted by atomic mass is 10.2. The highest BCUT2D eigenvalue weighted by Crippen LogP contribution is 2.31. The van der Waals surface area contributed by atoms with Crippen molar-refractivity contribution >= 4 is 32.6 Å². The fourth-order valence-electron chi connectivity index (χ4n) is 2.74. The summed E-state index contributed by atoms with van der Waals surface area (Å²) in [6.45, 7) is 2.55. The van der Waals surface area contributed by atoms with Gasteiger partial charge in [0, 0.05) is 0 Å². The third kappa shape index (κ3) is 3.97. The number of nitrogens with zero attached hydrogens (tertiary/aromatic N) is 1. The van der Waals surface area contributed by atoms with Gasteiger partial charge in [-0.2, -0.15) is 0 Å². The summed E-state index contributed by atoms with van der Waals surface area (Å²) in [7, 11) is 0. The molecule has 6 heteroatoms. The fraction of sp³-hybridized carbons (Fsp3) is 0.0909. The zero-order valence-electron chi connectivity index (χ0n) is 15.2. The van der Waals surface area contributed by atoms with Crippen molar-refractivity contribution < 1.29 is 14.3 Å². The van der Waals surface area contributed by atoms with E-state index in [-0.39, 0.29) is 5.91 Å². The summed E-state index contributed by atoms with van der Waals surface area (Å²) in [5.41, 5.74) is 1.26. The Morgan fingerprint density at radius 2 is 1.79 bits per heavy atom. The van der Waals surface area contributed by atoms with Crippen LogP contribution in [-0.2, 0) is 0 Å². The van der Waals surface area contributed by atoms with Gasteiger partial charge < -0.3 is 9.47 Å². The van der Waals surface area contributed by atoms with Crippen LogP contribution in [0.15, 0.2) is 72.8 Å². The van der Waals surface area contributed by atoms with Gasteiger partial charge in [0.25, 0.3) is 5.91 Å². The molecule has 5 nitrogen and oxygen atoms in total. The number of para-hydroxylation sites is 2. The number of amides is 1. The molecule has 0 radical (unpaired) electrons. The van der Waals surface area contributed by atoms with Crippen LogP contribution in [-0.4, -0.2) is 17.5 Å². The van der Waals surface area contributed by atoms with Gasteiger partial charge in [-0.25, -0.2) is 4.98 Å². The SMILES string of the molecule is CCOc1ccc2nc(NC(=O)c3ccccc3Oc3ccccc3)sc2c1. The number of thiazole rings is 1. The van der Waals surface area contributed by atoms with Crippen molar-refractivity contribution in [3.05, 3.63) is 78.4 Å². The average molecular weight is 390 g/mol. The van der Waals surface area contributed by atoms with E-state index in [4.69, 9.17) is 9.47 Å². The number of hydrogen-bond donors (Lipinski definition) is 1. The molecule has 1 amide bonds. The van der Waals surface area contributed by atoms with Crippen molar-refractivity contribution in [2.75, 3.05) is 11.9 Å². The third-order valence-corrected chi connectivity index (χ3v) is 4.93. The molecule has 0 saturated heterocycles. The summed E-state index contributed by atoms with van der Waals surface area (Å²) in [6.07, 6.45) is 0. The molecule has 1 N–H and O–H groups in total. The Hall–Kier alpha value is -3.38. The quantitative estimate of drug-likeness (QED) is 0.456. The molecular formula is C22H18N2O3S. The number of aromatic nitrogens is 1. The molecule has 0 aliphatic rings. The molecule has 1 heterocycles. The predicted octanol–water partition coefficient (Wildman–Crippen LogP) is 5.74. The molecule has 0 bridgehead atoms. The number of carbonyl (C=O) groups is 1. The van der Waals surface area contributed by atoms with Crippen molar-refractivity contribution in [3.63, 3.8) is 0 Å². The zero-order chi connectivity index (χ0) is 19.3. The second-order valence-corrected chi connectivity index (χ2v) is 6.98. The van der Waals surface area contributed by atoms with Gasteiger partial charge in [-0.15, -0.1) is 0 Å². The number of rotatable bonds is 6. The molecule has 1 aromatic heterocycles. The highest BCUT2D eigenvalue weighted by Gasteiger charge is 2.15. The van der Waals surface area contributed by atoms with Crippen LogP contribution < -0.4 is 14.8 Å². The first-order valence-corrected chi connectivity index (χ1v) is 9.71. The number of ether oxygens (including phenoxy) is 2. The lowest BCUT2D eigenvalue weighted by molar-refractivity contribution is 0.102. The van der Waals surface area contributed by atoms with Gasteiger partial charge >= 0.3 is 0 Å². The minimum Gasteiger partial charge on any atom is -0.494 e. The average Bonchev–Trinajstić information content (AvgIpc) is 3.11. The van der Waals surface area contributed by atoms with Crippen LogP contribution in [0.5, 0.6) is 17.2 Å². The molecule has 3 aromatic carbocycles. The van der Waals surface area contributed by atoms with Crippen molar-refractivity contribution in [3.8, 4) is 17.2 Å². The molecule has 0 aliphatic carbocycles. The third-order valence-electron chi connectivity index (χ3n) is 3.99. The fourth-order valence-corrected chi connectivity index (χ4v) is 3.63. The molecule has 0 saturated carbocycles. The van der Waals surface area contributed by atoms with E-state index in [1.54, 1.807) is 18.2 Å². The van der Waals surface area contributed by atoms with Crippen molar-refractivity contribution in [2.45, 2.75) is 6.92 Å². The first-order valence-electron chi connectivity index (χ1n) is 8.89. The number of benzene rings is 3. The molecule has 140 valence electrons. The topological polar surface area (TPSA) is 60.5 Å². The van der Waals surface area contributed by atoms with Crippen LogP contribution in [0.4, 0.5) is 5.13 Å². The van der Waals surface area contributed by atoms with E-state index >= 15 is 0 Å². The van der Waals surface area contributed by atoms with E-state index in [2.05, 4.69) is 10.3 Å². The maximum Gasteiger partial charge on any atom is 0.261 e. The summed E-state index contributed by atoms with van der Waals surface area (Å²) in [4.78, 5) is 17.3. The number of hydrogen-bond acceptors (Lipinski definition) is 5. The van der Waals surface area contributed by atoms with Gasteiger partial charge in [0.05, 0.1) is 22.4 Å². The predicted molar refractivity (Wildman–Crippen MR) is 112 cm³/mol. The van der Waals surface area contributed by atoms with Crippen LogP contribution in [0.2, 0.25) is 0 Å². The normalized spacial score (nSPS) is 10.6. The first-order chi connectivity index (χ1) is 13.7. The molecule has 0 spiro atoms. The molecular weight excluding hydrogens is 372 g/mol. The Bertz CT molecular complexity index is 1110. The Labute approximate surface area is 166 Å². The summed E-state index contributed by atoms with van der Waals surface area (Å²) >= 11 is 1.41. The first kappa shape index (κ1) is 18.0. The van der Waals surface area contributed by atoms with Crippen LogP contribution in [0.1, 0.15) is 17.3 Å². The van der Waals surface area contributed by atoms with E-state index < -0.39 is 0 Å². The van der Waals surface area contributed by atoms with Gasteiger partial charge in [-0.3, -0.25) is 10.1 Å². The van der Waals surface area contributed by atoms with E-state index in [0.29, 0.717) is 28.8 Å². The molecule has 0 aliphatic heterocycles. The van der Waals surface area contributed by atoms with Gasteiger partial charge in [0.15, 0.2) is 5.13 Å². The maximum absolute atomic E-state index is 12.8. The minimum atomic E-state index is -0.268.